The van der Waals surface area contributed by atoms with Crippen LogP contribution in [-0.2, 0) is 38.2 Å². The lowest BCUT2D eigenvalue weighted by Crippen LogP contribution is -2.59. The van der Waals surface area contributed by atoms with Crippen molar-refractivity contribution in [3.05, 3.63) is 71.3 Å². The molecule has 0 saturated carbocycles. The Morgan fingerprint density at radius 1 is 0.930 bits per heavy atom. The number of hydrogen-bond acceptors (Lipinski definition) is 6. The standard InChI is InChI=1S/C30H41F3N4O6/c1-5-42-26(43-6-2)19-36(20(3)4)28(39)24(16-21-12-14-23(15-13-21)30(31,32)33)35-27(38)25(17-34)37(29(40)41)18-22-10-8-7-9-11-22/h7-15,20,24-26H,5-6,16-19,34H2,1-4H3,(H,35,38)(H,40,41). The Morgan fingerprint density at radius 3 is 1.98 bits per heavy atom. The molecule has 238 valence electrons. The van der Waals surface area contributed by atoms with E-state index >= 15 is 0 Å². The minimum atomic E-state index is -4.54. The highest BCUT2D eigenvalue weighted by Gasteiger charge is 2.35. The van der Waals surface area contributed by atoms with E-state index in [-0.39, 0.29) is 32.1 Å². The third-order valence-electron chi connectivity index (χ3n) is 6.64. The van der Waals surface area contributed by atoms with Crippen molar-refractivity contribution in [3.8, 4) is 0 Å². The maximum atomic E-state index is 14.0. The lowest BCUT2D eigenvalue weighted by molar-refractivity contribution is -0.163. The first-order valence-corrected chi connectivity index (χ1v) is 14.1. The molecule has 3 amide bonds. The summed E-state index contributed by atoms with van der Waals surface area (Å²) in [6.45, 7) is 7.23. The van der Waals surface area contributed by atoms with Gasteiger partial charge in [-0.05, 0) is 51.0 Å². The van der Waals surface area contributed by atoms with Gasteiger partial charge in [0.15, 0.2) is 6.29 Å². The molecule has 0 saturated heterocycles. The van der Waals surface area contributed by atoms with Gasteiger partial charge in [-0.3, -0.25) is 14.5 Å². The molecule has 2 aromatic carbocycles. The summed E-state index contributed by atoms with van der Waals surface area (Å²) in [5.41, 5.74) is 5.99. The normalized spacial score (nSPS) is 13.1. The van der Waals surface area contributed by atoms with Crippen molar-refractivity contribution in [2.24, 2.45) is 5.73 Å². The average Bonchev–Trinajstić information content (AvgIpc) is 2.95. The first-order valence-electron chi connectivity index (χ1n) is 14.1. The minimum absolute atomic E-state index is 0.0210. The van der Waals surface area contributed by atoms with Crippen molar-refractivity contribution in [2.45, 2.75) is 71.3 Å². The van der Waals surface area contributed by atoms with E-state index in [1.54, 1.807) is 58.0 Å². The van der Waals surface area contributed by atoms with Crippen LogP contribution in [0.25, 0.3) is 0 Å². The summed E-state index contributed by atoms with van der Waals surface area (Å²) in [6.07, 6.45) is -6.85. The first kappa shape index (κ1) is 35.5. The SMILES string of the molecule is CCOC(CN(C(=O)C(Cc1ccc(C(F)(F)F)cc1)NC(=O)C(CN)N(Cc1ccccc1)C(=O)O)C(C)C)OCC. The fraction of sp³-hybridized carbons (Fsp3) is 0.500. The van der Waals surface area contributed by atoms with Gasteiger partial charge in [-0.25, -0.2) is 4.79 Å². The van der Waals surface area contributed by atoms with Crippen molar-refractivity contribution in [2.75, 3.05) is 26.3 Å². The smallest absolute Gasteiger partial charge is 0.416 e. The quantitative estimate of drug-likeness (QED) is 0.246. The predicted molar refractivity (Wildman–Crippen MR) is 154 cm³/mol. The summed E-state index contributed by atoms with van der Waals surface area (Å²) in [5, 5.41) is 12.5. The maximum Gasteiger partial charge on any atom is 0.416 e. The van der Waals surface area contributed by atoms with Crippen LogP contribution in [0.15, 0.2) is 54.6 Å². The van der Waals surface area contributed by atoms with Gasteiger partial charge < -0.3 is 30.5 Å². The summed E-state index contributed by atoms with van der Waals surface area (Å²) in [6, 6.07) is 9.88. The van der Waals surface area contributed by atoms with Crippen LogP contribution in [0.1, 0.15) is 44.4 Å². The molecule has 4 N–H and O–H groups in total. The van der Waals surface area contributed by atoms with Crippen LogP contribution in [0.3, 0.4) is 0 Å². The number of nitrogens with two attached hydrogens (primary N) is 1. The number of carbonyl (C=O) groups excluding carboxylic acids is 2. The lowest BCUT2D eigenvalue weighted by Gasteiger charge is -2.35. The molecule has 0 bridgehead atoms. The van der Waals surface area contributed by atoms with Crippen molar-refractivity contribution in [3.63, 3.8) is 0 Å². The highest BCUT2D eigenvalue weighted by atomic mass is 19.4. The predicted octanol–water partition coefficient (Wildman–Crippen LogP) is 3.88. The fourth-order valence-corrected chi connectivity index (χ4v) is 4.44. The van der Waals surface area contributed by atoms with Crippen molar-refractivity contribution >= 4 is 17.9 Å². The Morgan fingerprint density at radius 2 is 1.51 bits per heavy atom. The van der Waals surface area contributed by atoms with Crippen molar-refractivity contribution in [1.82, 2.24) is 15.1 Å². The minimum Gasteiger partial charge on any atom is -0.465 e. The van der Waals surface area contributed by atoms with Gasteiger partial charge in [0.05, 0.1) is 12.1 Å². The molecular formula is C30H41F3N4O6. The number of nitrogens with zero attached hydrogens (tertiary/aromatic N) is 2. The number of benzene rings is 2. The second-order valence-corrected chi connectivity index (χ2v) is 10.0. The number of rotatable bonds is 16. The topological polar surface area (TPSA) is 134 Å². The Bertz CT molecular complexity index is 1160. The molecule has 13 heteroatoms. The fourth-order valence-electron chi connectivity index (χ4n) is 4.44. The van der Waals surface area contributed by atoms with Crippen LogP contribution >= 0.6 is 0 Å². The van der Waals surface area contributed by atoms with Gasteiger partial charge in [0.2, 0.25) is 11.8 Å². The summed E-state index contributed by atoms with van der Waals surface area (Å²) < 4.78 is 50.6. The molecule has 0 aliphatic rings. The number of carbonyl (C=O) groups is 3. The number of halogens is 3. The second kappa shape index (κ2) is 16.8. The number of carboxylic acid groups (broad SMARTS) is 1. The summed E-state index contributed by atoms with van der Waals surface area (Å²) in [5.74, 6) is -1.37. The number of nitrogens with one attached hydrogen (secondary N) is 1. The third-order valence-corrected chi connectivity index (χ3v) is 6.64. The van der Waals surface area contributed by atoms with Gasteiger partial charge in [-0.1, -0.05) is 42.5 Å². The maximum absolute atomic E-state index is 14.0. The zero-order valence-corrected chi connectivity index (χ0v) is 24.8. The van der Waals surface area contributed by atoms with Gasteiger partial charge in [-0.2, -0.15) is 13.2 Å². The van der Waals surface area contributed by atoms with E-state index < -0.39 is 48.0 Å². The van der Waals surface area contributed by atoms with E-state index in [1.165, 1.54) is 17.0 Å². The van der Waals surface area contributed by atoms with Gasteiger partial charge in [-0.15, -0.1) is 0 Å². The summed E-state index contributed by atoms with van der Waals surface area (Å²) >= 11 is 0. The van der Waals surface area contributed by atoms with Crippen molar-refractivity contribution in [1.29, 1.82) is 0 Å². The molecule has 2 unspecified atom stereocenters. The van der Waals surface area contributed by atoms with Crippen LogP contribution in [0.5, 0.6) is 0 Å². The van der Waals surface area contributed by atoms with E-state index in [0.29, 0.717) is 24.3 Å². The number of hydrogen-bond donors (Lipinski definition) is 3. The van der Waals surface area contributed by atoms with Gasteiger partial charge >= 0.3 is 12.3 Å². The van der Waals surface area contributed by atoms with E-state index in [0.717, 1.165) is 17.0 Å². The number of amides is 3. The molecule has 0 aliphatic heterocycles. The molecular weight excluding hydrogens is 569 g/mol. The Hall–Kier alpha value is -3.68. The average molecular weight is 611 g/mol. The molecule has 0 radical (unpaired) electrons. The second-order valence-electron chi connectivity index (χ2n) is 10.0. The Labute approximate surface area is 249 Å². The van der Waals surface area contributed by atoms with E-state index in [9.17, 15) is 32.7 Å². The largest absolute Gasteiger partial charge is 0.465 e. The Kier molecular flexibility index (Phi) is 13.9. The molecule has 0 spiro atoms. The third kappa shape index (κ3) is 10.8. The van der Waals surface area contributed by atoms with Gasteiger partial charge in [0.25, 0.3) is 0 Å². The highest BCUT2D eigenvalue weighted by Crippen LogP contribution is 2.29. The van der Waals surface area contributed by atoms with E-state index in [2.05, 4.69) is 5.32 Å². The number of ether oxygens (including phenoxy) is 2. The van der Waals surface area contributed by atoms with Crippen LogP contribution in [0, 0.1) is 0 Å². The molecule has 0 heterocycles. The Balaban J connectivity index is 2.42. The number of alkyl halides is 3. The molecule has 10 nitrogen and oxygen atoms in total. The van der Waals surface area contributed by atoms with Crippen LogP contribution in [0.4, 0.5) is 18.0 Å². The zero-order chi connectivity index (χ0) is 32.2. The van der Waals surface area contributed by atoms with Crippen LogP contribution in [-0.4, -0.2) is 83.5 Å². The van der Waals surface area contributed by atoms with Crippen LogP contribution in [0.2, 0.25) is 0 Å². The molecule has 2 atom stereocenters. The van der Waals surface area contributed by atoms with Crippen molar-refractivity contribution < 1.29 is 42.1 Å². The lowest BCUT2D eigenvalue weighted by atomic mass is 10.0. The van der Waals surface area contributed by atoms with Crippen LogP contribution < -0.4 is 11.1 Å². The summed E-state index contributed by atoms with van der Waals surface area (Å²) in [7, 11) is 0. The monoisotopic (exact) mass is 610 g/mol. The molecule has 2 aromatic rings. The van der Waals surface area contributed by atoms with Gasteiger partial charge in [0.1, 0.15) is 12.1 Å². The zero-order valence-electron chi connectivity index (χ0n) is 24.8. The highest BCUT2D eigenvalue weighted by molar-refractivity contribution is 5.91. The van der Waals surface area contributed by atoms with Gasteiger partial charge in [0, 0.05) is 38.8 Å². The van der Waals surface area contributed by atoms with E-state index in [1.807, 2.05) is 0 Å². The molecule has 0 aromatic heterocycles. The summed E-state index contributed by atoms with van der Waals surface area (Å²) in [4.78, 5) is 42.0. The van der Waals surface area contributed by atoms with E-state index in [4.69, 9.17) is 15.2 Å². The molecule has 0 fully saturated rings. The molecule has 0 aliphatic carbocycles. The first-order chi connectivity index (χ1) is 20.3. The molecule has 43 heavy (non-hydrogen) atoms. The molecule has 2 rings (SSSR count).